The van der Waals surface area contributed by atoms with Gasteiger partial charge in [-0.3, -0.25) is 0 Å². The Hall–Kier alpha value is -1.04. The second kappa shape index (κ2) is 4.26. The van der Waals surface area contributed by atoms with Crippen molar-refractivity contribution in [3.63, 3.8) is 0 Å². The Morgan fingerprint density at radius 3 is 2.78 bits per heavy atom. The van der Waals surface area contributed by atoms with Gasteiger partial charge in [-0.25, -0.2) is 8.78 Å². The molecule has 2 atom stereocenters. The van der Waals surface area contributed by atoms with Gasteiger partial charge in [0.05, 0.1) is 12.5 Å². The molecule has 6 heteroatoms. The van der Waals surface area contributed by atoms with E-state index in [0.29, 0.717) is 30.5 Å². The molecule has 1 aromatic heterocycles. The highest BCUT2D eigenvalue weighted by molar-refractivity contribution is 5.02. The summed E-state index contributed by atoms with van der Waals surface area (Å²) < 4.78 is 31.2. The molecule has 3 rings (SSSR count). The Bertz CT molecular complexity index is 431. The largest absolute Gasteiger partial charge is 0.392 e. The van der Waals surface area contributed by atoms with Crippen molar-refractivity contribution < 1.29 is 18.4 Å². The maximum atomic E-state index is 13.1. The van der Waals surface area contributed by atoms with Crippen molar-refractivity contribution in [2.45, 2.75) is 56.5 Å². The van der Waals surface area contributed by atoms with E-state index >= 15 is 0 Å². The Kier molecular flexibility index (Phi) is 2.84. The smallest absolute Gasteiger partial charge is 0.248 e. The normalized spacial score (nSPS) is 28.5. The zero-order chi connectivity index (χ0) is 12.8. The first-order valence-corrected chi connectivity index (χ1v) is 6.42. The Morgan fingerprint density at radius 2 is 2.17 bits per heavy atom. The highest BCUT2D eigenvalue weighted by Gasteiger charge is 2.42. The van der Waals surface area contributed by atoms with Crippen molar-refractivity contribution >= 4 is 0 Å². The minimum absolute atomic E-state index is 0.105. The van der Waals surface area contributed by atoms with Gasteiger partial charge in [-0.15, -0.1) is 0 Å². The predicted molar refractivity (Wildman–Crippen MR) is 58.3 cm³/mol. The van der Waals surface area contributed by atoms with Crippen LogP contribution in [0.15, 0.2) is 4.52 Å². The van der Waals surface area contributed by atoms with Gasteiger partial charge in [-0.1, -0.05) is 5.16 Å². The van der Waals surface area contributed by atoms with Crippen molar-refractivity contribution in [1.82, 2.24) is 10.1 Å². The van der Waals surface area contributed by atoms with E-state index in [1.165, 1.54) is 0 Å². The van der Waals surface area contributed by atoms with Gasteiger partial charge in [0.2, 0.25) is 11.8 Å². The summed E-state index contributed by atoms with van der Waals surface area (Å²) in [6.07, 6.45) is 2.07. The molecule has 18 heavy (non-hydrogen) atoms. The number of aromatic nitrogens is 2. The molecule has 100 valence electrons. The molecule has 2 aliphatic rings. The third kappa shape index (κ3) is 2.53. The summed E-state index contributed by atoms with van der Waals surface area (Å²) in [6.45, 7) is 0. The lowest BCUT2D eigenvalue weighted by Crippen LogP contribution is -2.13. The summed E-state index contributed by atoms with van der Waals surface area (Å²) in [5.41, 5.74) is 0. The lowest BCUT2D eigenvalue weighted by atomic mass is 10.1. The minimum Gasteiger partial charge on any atom is -0.392 e. The zero-order valence-electron chi connectivity index (χ0n) is 9.98. The van der Waals surface area contributed by atoms with Crippen LogP contribution in [0.4, 0.5) is 8.78 Å². The van der Waals surface area contributed by atoms with E-state index in [1.54, 1.807) is 0 Å². The molecule has 0 bridgehead atoms. The molecule has 1 aromatic rings. The van der Waals surface area contributed by atoms with Crippen LogP contribution in [-0.4, -0.2) is 27.3 Å². The highest BCUT2D eigenvalue weighted by atomic mass is 19.3. The molecule has 0 saturated heterocycles. The summed E-state index contributed by atoms with van der Waals surface area (Å²) in [6, 6.07) is 0. The van der Waals surface area contributed by atoms with Crippen LogP contribution in [0.5, 0.6) is 0 Å². The van der Waals surface area contributed by atoms with Crippen molar-refractivity contribution in [3.8, 4) is 0 Å². The monoisotopic (exact) mass is 258 g/mol. The average Bonchev–Trinajstić information content (AvgIpc) is 2.96. The second-order valence-electron chi connectivity index (χ2n) is 5.45. The number of aliphatic hydroxyl groups is 1. The van der Waals surface area contributed by atoms with E-state index in [0.717, 1.165) is 12.8 Å². The molecule has 4 nitrogen and oxygen atoms in total. The Labute approximate surface area is 103 Å². The first-order chi connectivity index (χ1) is 8.53. The molecular formula is C12H16F2N2O2. The number of nitrogens with zero attached hydrogens (tertiary/aromatic N) is 2. The van der Waals surface area contributed by atoms with Gasteiger partial charge in [0, 0.05) is 18.8 Å². The van der Waals surface area contributed by atoms with E-state index in [-0.39, 0.29) is 18.8 Å². The molecular weight excluding hydrogens is 242 g/mol. The number of aliphatic hydroxyl groups excluding tert-OH is 1. The summed E-state index contributed by atoms with van der Waals surface area (Å²) >= 11 is 0. The minimum atomic E-state index is -2.60. The van der Waals surface area contributed by atoms with E-state index in [1.807, 2.05) is 0 Å². The van der Waals surface area contributed by atoms with E-state index < -0.39 is 12.0 Å². The molecule has 2 fully saturated rings. The number of halogens is 2. The molecule has 2 aliphatic carbocycles. The fraction of sp³-hybridized carbons (Fsp3) is 0.833. The van der Waals surface area contributed by atoms with Gasteiger partial charge < -0.3 is 9.63 Å². The van der Waals surface area contributed by atoms with Gasteiger partial charge in [0.25, 0.3) is 0 Å². The standard InChI is InChI=1S/C12H16F2N2O2/c13-12(14)4-3-8(6-12)11-15-10(18-16-11)5-9(17)7-1-2-7/h7-9,17H,1-6H2. The SMILES string of the molecule is OC(Cc1nc(C2CCC(F)(F)C2)no1)C1CC1. The molecule has 1 N–H and O–H groups in total. The van der Waals surface area contributed by atoms with Crippen molar-refractivity contribution in [2.24, 2.45) is 5.92 Å². The van der Waals surface area contributed by atoms with Crippen molar-refractivity contribution in [2.75, 3.05) is 0 Å². The lowest BCUT2D eigenvalue weighted by molar-refractivity contribution is 0.00749. The third-order valence-electron chi connectivity index (χ3n) is 3.80. The summed E-state index contributed by atoms with van der Waals surface area (Å²) in [5.74, 6) is -1.84. The first-order valence-electron chi connectivity index (χ1n) is 6.42. The summed E-state index contributed by atoms with van der Waals surface area (Å²) in [7, 11) is 0. The molecule has 2 unspecified atom stereocenters. The lowest BCUT2D eigenvalue weighted by Gasteiger charge is -2.06. The number of alkyl halides is 2. The van der Waals surface area contributed by atoms with Gasteiger partial charge in [0.1, 0.15) is 0 Å². The molecule has 2 saturated carbocycles. The van der Waals surface area contributed by atoms with E-state index in [2.05, 4.69) is 10.1 Å². The Balaban J connectivity index is 1.62. The predicted octanol–water partition coefficient (Wildman–Crippen LogP) is 2.29. The maximum absolute atomic E-state index is 13.1. The fourth-order valence-corrected chi connectivity index (χ4v) is 2.51. The van der Waals surface area contributed by atoms with Gasteiger partial charge in [0.15, 0.2) is 5.82 Å². The van der Waals surface area contributed by atoms with Crippen LogP contribution < -0.4 is 0 Å². The van der Waals surface area contributed by atoms with Crippen LogP contribution in [0.25, 0.3) is 0 Å². The summed E-state index contributed by atoms with van der Waals surface area (Å²) in [4.78, 5) is 4.14. The van der Waals surface area contributed by atoms with E-state index in [4.69, 9.17) is 4.52 Å². The zero-order valence-corrected chi connectivity index (χ0v) is 9.98. The molecule has 0 aromatic carbocycles. The molecule has 0 radical (unpaired) electrons. The number of hydrogen-bond donors (Lipinski definition) is 1. The highest BCUT2D eigenvalue weighted by Crippen LogP contribution is 2.43. The van der Waals surface area contributed by atoms with Crippen LogP contribution in [0, 0.1) is 5.92 Å². The fourth-order valence-electron chi connectivity index (χ4n) is 2.51. The van der Waals surface area contributed by atoms with E-state index in [9.17, 15) is 13.9 Å². The maximum Gasteiger partial charge on any atom is 0.248 e. The third-order valence-corrected chi connectivity index (χ3v) is 3.80. The van der Waals surface area contributed by atoms with Crippen LogP contribution in [0.2, 0.25) is 0 Å². The van der Waals surface area contributed by atoms with Gasteiger partial charge in [-0.05, 0) is 25.2 Å². The molecule has 1 heterocycles. The van der Waals surface area contributed by atoms with Crippen LogP contribution >= 0.6 is 0 Å². The topological polar surface area (TPSA) is 59.2 Å². The number of hydrogen-bond acceptors (Lipinski definition) is 4. The summed E-state index contributed by atoms with van der Waals surface area (Å²) in [5, 5.41) is 13.5. The van der Waals surface area contributed by atoms with Crippen LogP contribution in [-0.2, 0) is 6.42 Å². The molecule has 0 spiro atoms. The van der Waals surface area contributed by atoms with Crippen LogP contribution in [0.3, 0.4) is 0 Å². The molecule has 0 amide bonds. The average molecular weight is 258 g/mol. The Morgan fingerprint density at radius 1 is 1.39 bits per heavy atom. The van der Waals surface area contributed by atoms with Crippen LogP contribution in [0.1, 0.15) is 49.7 Å². The first kappa shape index (κ1) is 12.0. The molecule has 0 aliphatic heterocycles. The van der Waals surface area contributed by atoms with Crippen molar-refractivity contribution in [1.29, 1.82) is 0 Å². The van der Waals surface area contributed by atoms with Crippen molar-refractivity contribution in [3.05, 3.63) is 11.7 Å². The van der Waals surface area contributed by atoms with Gasteiger partial charge >= 0.3 is 0 Å². The quantitative estimate of drug-likeness (QED) is 0.900. The van der Waals surface area contributed by atoms with Gasteiger partial charge in [-0.2, -0.15) is 4.98 Å². The number of rotatable bonds is 4. The second-order valence-corrected chi connectivity index (χ2v) is 5.45.